The molecule has 2 heterocycles. The molecule has 1 aromatic heterocycles. The van der Waals surface area contributed by atoms with E-state index in [1.54, 1.807) is 13.2 Å². The van der Waals surface area contributed by atoms with Crippen LogP contribution in [0.3, 0.4) is 0 Å². The zero-order valence-electron chi connectivity index (χ0n) is 14.0. The van der Waals surface area contributed by atoms with Crippen LogP contribution in [0.4, 0.5) is 4.39 Å². The van der Waals surface area contributed by atoms with Gasteiger partial charge in [0, 0.05) is 19.2 Å². The number of hydrogen-bond donors (Lipinski definition) is 1. The van der Waals surface area contributed by atoms with Crippen LogP contribution in [0.15, 0.2) is 42.5 Å². The molecule has 0 saturated heterocycles. The molecule has 0 saturated carbocycles. The second-order valence-corrected chi connectivity index (χ2v) is 6.18. The number of fused-ring (bicyclic) bond motifs is 3. The summed E-state index contributed by atoms with van der Waals surface area (Å²) < 4.78 is 26.4. The maximum Gasteiger partial charge on any atom is 0.136 e. The van der Waals surface area contributed by atoms with Crippen LogP contribution in [0.2, 0.25) is 0 Å². The quantitative estimate of drug-likeness (QED) is 0.775. The molecule has 1 aliphatic rings. The molecule has 6 heteroatoms. The van der Waals surface area contributed by atoms with E-state index in [1.165, 1.54) is 17.7 Å². The summed E-state index contributed by atoms with van der Waals surface area (Å²) in [5.41, 5.74) is 2.83. The molecule has 0 radical (unpaired) electrons. The number of halogens is 1. The zero-order chi connectivity index (χ0) is 17.2. The summed E-state index contributed by atoms with van der Waals surface area (Å²) in [6.07, 6.45) is 0. The third-order valence-corrected chi connectivity index (χ3v) is 4.50. The van der Waals surface area contributed by atoms with Gasteiger partial charge in [0.25, 0.3) is 0 Å². The van der Waals surface area contributed by atoms with E-state index in [0.29, 0.717) is 18.7 Å². The minimum absolute atomic E-state index is 0.137. The molecule has 25 heavy (non-hydrogen) atoms. The van der Waals surface area contributed by atoms with Gasteiger partial charge in [0.2, 0.25) is 0 Å². The molecule has 0 unspecified atom stereocenters. The minimum Gasteiger partial charge on any atom is -0.497 e. The number of imidazole rings is 1. The third kappa shape index (κ3) is 3.23. The second kappa shape index (κ2) is 6.82. The molecule has 5 nitrogen and oxygen atoms in total. The monoisotopic (exact) mass is 341 g/mol. The van der Waals surface area contributed by atoms with E-state index in [9.17, 15) is 4.39 Å². The largest absolute Gasteiger partial charge is 0.497 e. The molecule has 0 spiro atoms. The van der Waals surface area contributed by atoms with Crippen LogP contribution in [0.5, 0.6) is 5.75 Å². The highest BCUT2D eigenvalue weighted by Gasteiger charge is 2.23. The zero-order valence-corrected chi connectivity index (χ0v) is 14.0. The molecule has 0 amide bonds. The summed E-state index contributed by atoms with van der Waals surface area (Å²) in [5.74, 6) is 1.44. The molecule has 1 atom stereocenters. The lowest BCUT2D eigenvalue weighted by Crippen LogP contribution is -2.32. The first-order chi connectivity index (χ1) is 12.2. The Labute approximate surface area is 145 Å². The Morgan fingerprint density at radius 1 is 1.28 bits per heavy atom. The lowest BCUT2D eigenvalue weighted by molar-refractivity contribution is 0.0564. The molecule has 0 aliphatic carbocycles. The summed E-state index contributed by atoms with van der Waals surface area (Å²) in [7, 11) is 1.66. The van der Waals surface area contributed by atoms with Crippen LogP contribution < -0.4 is 10.1 Å². The Morgan fingerprint density at radius 3 is 2.92 bits per heavy atom. The van der Waals surface area contributed by atoms with Gasteiger partial charge in [-0.2, -0.15) is 0 Å². The summed E-state index contributed by atoms with van der Waals surface area (Å²) in [4.78, 5) is 4.51. The van der Waals surface area contributed by atoms with Crippen molar-refractivity contribution in [3.05, 3.63) is 59.7 Å². The van der Waals surface area contributed by atoms with E-state index in [0.717, 1.165) is 30.2 Å². The van der Waals surface area contributed by atoms with Gasteiger partial charge in [-0.3, -0.25) is 0 Å². The van der Waals surface area contributed by atoms with Gasteiger partial charge >= 0.3 is 0 Å². The van der Waals surface area contributed by atoms with Crippen LogP contribution in [-0.4, -0.2) is 29.8 Å². The van der Waals surface area contributed by atoms with E-state index >= 15 is 0 Å². The van der Waals surface area contributed by atoms with Crippen molar-refractivity contribution in [2.45, 2.75) is 19.2 Å². The van der Waals surface area contributed by atoms with Crippen molar-refractivity contribution in [3.8, 4) is 5.75 Å². The molecule has 0 fully saturated rings. The number of hydrogen-bond acceptors (Lipinski definition) is 4. The second-order valence-electron chi connectivity index (χ2n) is 6.18. The number of rotatable bonds is 5. The Morgan fingerprint density at radius 2 is 2.12 bits per heavy atom. The van der Waals surface area contributed by atoms with Crippen LogP contribution in [0, 0.1) is 5.82 Å². The molecule has 3 aromatic rings. The Bertz CT molecular complexity index is 876. The van der Waals surface area contributed by atoms with Crippen LogP contribution in [-0.2, 0) is 17.9 Å². The molecular weight excluding hydrogens is 321 g/mol. The molecule has 1 aliphatic heterocycles. The van der Waals surface area contributed by atoms with Gasteiger partial charge in [0.15, 0.2) is 0 Å². The van der Waals surface area contributed by atoms with Gasteiger partial charge in [0.05, 0.1) is 30.8 Å². The number of ether oxygens (including phenoxy) is 2. The summed E-state index contributed by atoms with van der Waals surface area (Å²) in [5, 5.41) is 3.47. The van der Waals surface area contributed by atoms with Crippen molar-refractivity contribution in [1.82, 2.24) is 14.9 Å². The molecule has 1 N–H and O–H groups in total. The van der Waals surface area contributed by atoms with Crippen molar-refractivity contribution in [3.63, 3.8) is 0 Å². The van der Waals surface area contributed by atoms with Crippen molar-refractivity contribution in [2.75, 3.05) is 20.3 Å². The van der Waals surface area contributed by atoms with Gasteiger partial charge in [-0.1, -0.05) is 12.1 Å². The lowest BCUT2D eigenvalue weighted by atomic mass is 10.2. The number of aromatic nitrogens is 2. The summed E-state index contributed by atoms with van der Waals surface area (Å²) >= 11 is 0. The van der Waals surface area contributed by atoms with Gasteiger partial charge in [-0.25, -0.2) is 9.37 Å². The Kier molecular flexibility index (Phi) is 4.38. The van der Waals surface area contributed by atoms with E-state index in [1.807, 2.05) is 24.3 Å². The maximum atomic E-state index is 13.4. The molecule has 0 bridgehead atoms. The third-order valence-electron chi connectivity index (χ3n) is 4.50. The van der Waals surface area contributed by atoms with Crippen LogP contribution in [0.1, 0.15) is 17.4 Å². The number of benzene rings is 2. The minimum atomic E-state index is -0.266. The molecule has 2 aromatic carbocycles. The van der Waals surface area contributed by atoms with E-state index < -0.39 is 0 Å². The van der Waals surface area contributed by atoms with Gasteiger partial charge in [-0.05, 0) is 29.8 Å². The predicted octanol–water partition coefficient (Wildman–Crippen LogP) is 3.05. The molecule has 130 valence electrons. The molecule has 4 rings (SSSR count). The van der Waals surface area contributed by atoms with Gasteiger partial charge in [-0.15, -0.1) is 0 Å². The highest BCUT2D eigenvalue weighted by molar-refractivity contribution is 5.76. The van der Waals surface area contributed by atoms with Crippen LogP contribution in [0.25, 0.3) is 11.0 Å². The van der Waals surface area contributed by atoms with Crippen molar-refractivity contribution >= 4 is 11.0 Å². The SMILES string of the molecule is COc1ccc(CNC[C@H]2COCc3nc4cc(F)ccc4n32)cc1. The number of nitrogens with zero attached hydrogens (tertiary/aromatic N) is 2. The lowest BCUT2D eigenvalue weighted by Gasteiger charge is -2.26. The summed E-state index contributed by atoms with van der Waals surface area (Å²) in [6.45, 7) is 2.59. The van der Waals surface area contributed by atoms with E-state index in [2.05, 4.69) is 14.9 Å². The maximum absolute atomic E-state index is 13.4. The average molecular weight is 341 g/mol. The van der Waals surface area contributed by atoms with E-state index in [-0.39, 0.29) is 11.9 Å². The normalized spacial score (nSPS) is 16.8. The standard InChI is InChI=1S/C19H20FN3O2/c1-24-16-5-2-13(3-6-16)9-21-10-15-11-25-12-19-22-17-8-14(20)4-7-18(17)23(15)19/h2-8,15,21H,9-12H2,1H3/t15-/m0/s1. The smallest absolute Gasteiger partial charge is 0.136 e. The highest BCUT2D eigenvalue weighted by Crippen LogP contribution is 2.26. The topological polar surface area (TPSA) is 48.3 Å². The highest BCUT2D eigenvalue weighted by atomic mass is 19.1. The number of nitrogens with one attached hydrogen (secondary N) is 1. The first-order valence-electron chi connectivity index (χ1n) is 8.32. The average Bonchev–Trinajstić information content (AvgIpc) is 3.00. The van der Waals surface area contributed by atoms with Crippen molar-refractivity contribution in [1.29, 1.82) is 0 Å². The fraction of sp³-hybridized carbons (Fsp3) is 0.316. The fourth-order valence-corrected chi connectivity index (χ4v) is 3.27. The number of methoxy groups -OCH3 is 1. The fourth-order valence-electron chi connectivity index (χ4n) is 3.27. The Hall–Kier alpha value is -2.44. The Balaban J connectivity index is 1.48. The van der Waals surface area contributed by atoms with E-state index in [4.69, 9.17) is 9.47 Å². The van der Waals surface area contributed by atoms with Crippen molar-refractivity contribution < 1.29 is 13.9 Å². The predicted molar refractivity (Wildman–Crippen MR) is 93.1 cm³/mol. The first kappa shape index (κ1) is 16.1. The van der Waals surface area contributed by atoms with Crippen molar-refractivity contribution in [2.24, 2.45) is 0 Å². The first-order valence-corrected chi connectivity index (χ1v) is 8.32. The summed E-state index contributed by atoms with van der Waals surface area (Å²) in [6, 6.07) is 12.9. The molecular formula is C19H20FN3O2. The van der Waals surface area contributed by atoms with Gasteiger partial charge < -0.3 is 19.4 Å². The van der Waals surface area contributed by atoms with Gasteiger partial charge in [0.1, 0.15) is 24.0 Å². The van der Waals surface area contributed by atoms with Crippen LogP contribution >= 0.6 is 0 Å².